The number of nitrogens with zero attached hydrogens (tertiary/aromatic N) is 2. The number of hydrogen-bond acceptors (Lipinski definition) is 6. The molecule has 0 unspecified atom stereocenters. The standard InChI is InChI=1S/C12H23N2O4/c15-11(9-13-1-5-17-6-2-13)12(16)10-14-3-7-18-8-4-14/h11-12,15H,1-10H2/q-1/t11-,12-/m1/s1. The lowest BCUT2D eigenvalue weighted by Gasteiger charge is -2.38. The summed E-state index contributed by atoms with van der Waals surface area (Å²) >= 11 is 0. The second-order valence-electron chi connectivity index (χ2n) is 4.93. The van der Waals surface area contributed by atoms with Crippen molar-refractivity contribution in [2.24, 2.45) is 0 Å². The highest BCUT2D eigenvalue weighted by atomic mass is 16.5. The zero-order valence-corrected chi connectivity index (χ0v) is 10.8. The number of morpholine rings is 2. The average Bonchev–Trinajstić information content (AvgIpc) is 2.41. The Hall–Kier alpha value is -0.240. The first-order valence-electron chi connectivity index (χ1n) is 6.70. The molecule has 0 aromatic heterocycles. The Kier molecular flexibility index (Phi) is 5.81. The van der Waals surface area contributed by atoms with Crippen molar-refractivity contribution >= 4 is 0 Å². The highest BCUT2D eigenvalue weighted by Gasteiger charge is 2.19. The number of aliphatic hydroxyl groups is 1. The van der Waals surface area contributed by atoms with E-state index in [1.807, 2.05) is 0 Å². The van der Waals surface area contributed by atoms with Gasteiger partial charge in [-0.25, -0.2) is 0 Å². The quantitative estimate of drug-likeness (QED) is 0.601. The first-order valence-corrected chi connectivity index (χ1v) is 6.70. The monoisotopic (exact) mass is 259 g/mol. The molecule has 6 nitrogen and oxygen atoms in total. The van der Waals surface area contributed by atoms with Gasteiger partial charge in [0.2, 0.25) is 0 Å². The first-order chi connectivity index (χ1) is 8.75. The molecule has 18 heavy (non-hydrogen) atoms. The SMILES string of the molecule is [O-][C@H](CN1CCOCC1)[C@H](O)CN1CCOCC1. The highest BCUT2D eigenvalue weighted by Crippen LogP contribution is 2.04. The molecule has 1 N–H and O–H groups in total. The minimum atomic E-state index is -0.939. The molecule has 0 aromatic carbocycles. The van der Waals surface area contributed by atoms with Crippen LogP contribution >= 0.6 is 0 Å². The molecule has 0 aromatic rings. The summed E-state index contributed by atoms with van der Waals surface area (Å²) in [5.41, 5.74) is 0. The molecule has 6 heteroatoms. The number of hydrogen-bond donors (Lipinski definition) is 1. The van der Waals surface area contributed by atoms with E-state index in [4.69, 9.17) is 9.47 Å². The molecule has 2 saturated heterocycles. The summed E-state index contributed by atoms with van der Waals surface area (Å²) in [6, 6.07) is 0. The van der Waals surface area contributed by atoms with Gasteiger partial charge in [-0.1, -0.05) is 6.10 Å². The summed E-state index contributed by atoms with van der Waals surface area (Å²) in [4.78, 5) is 4.17. The van der Waals surface area contributed by atoms with E-state index in [2.05, 4.69) is 9.80 Å². The minimum absolute atomic E-state index is 0.412. The molecule has 0 aliphatic carbocycles. The third-order valence-corrected chi connectivity index (χ3v) is 3.52. The Balaban J connectivity index is 1.68. The number of aliphatic hydroxyl groups excluding tert-OH is 1. The van der Waals surface area contributed by atoms with E-state index < -0.39 is 12.2 Å². The van der Waals surface area contributed by atoms with E-state index in [0.29, 0.717) is 39.5 Å². The third kappa shape index (κ3) is 4.46. The lowest BCUT2D eigenvalue weighted by molar-refractivity contribution is -0.439. The maximum absolute atomic E-state index is 12.0. The molecule has 2 fully saturated rings. The van der Waals surface area contributed by atoms with E-state index in [0.717, 1.165) is 26.2 Å². The van der Waals surface area contributed by atoms with Crippen molar-refractivity contribution < 1.29 is 19.7 Å². The van der Waals surface area contributed by atoms with Crippen LogP contribution in [-0.4, -0.2) is 92.8 Å². The summed E-state index contributed by atoms with van der Waals surface area (Å²) in [5, 5.41) is 21.9. The van der Waals surface area contributed by atoms with Gasteiger partial charge in [0.1, 0.15) is 0 Å². The lowest BCUT2D eigenvalue weighted by atomic mass is 10.1. The first kappa shape index (κ1) is 14.2. The fourth-order valence-electron chi connectivity index (χ4n) is 2.33. The zero-order valence-electron chi connectivity index (χ0n) is 10.8. The van der Waals surface area contributed by atoms with Gasteiger partial charge in [-0.15, -0.1) is 0 Å². The van der Waals surface area contributed by atoms with Crippen LogP contribution in [0.5, 0.6) is 0 Å². The predicted molar refractivity (Wildman–Crippen MR) is 64.3 cm³/mol. The average molecular weight is 259 g/mol. The van der Waals surface area contributed by atoms with Gasteiger partial charge in [0.15, 0.2) is 0 Å². The van der Waals surface area contributed by atoms with Crippen molar-refractivity contribution in [3.05, 3.63) is 0 Å². The van der Waals surface area contributed by atoms with Crippen molar-refractivity contribution in [2.45, 2.75) is 12.2 Å². The smallest absolute Gasteiger partial charge is 0.0594 e. The Labute approximate surface area is 108 Å². The van der Waals surface area contributed by atoms with Gasteiger partial charge in [-0.05, 0) is 6.54 Å². The van der Waals surface area contributed by atoms with Crippen molar-refractivity contribution in [1.29, 1.82) is 0 Å². The molecule has 2 aliphatic rings. The van der Waals surface area contributed by atoms with Gasteiger partial charge >= 0.3 is 0 Å². The van der Waals surface area contributed by atoms with Crippen LogP contribution in [0.1, 0.15) is 0 Å². The van der Waals surface area contributed by atoms with E-state index in [1.165, 1.54) is 0 Å². The third-order valence-electron chi connectivity index (χ3n) is 3.52. The van der Waals surface area contributed by atoms with Crippen LogP contribution in [0.4, 0.5) is 0 Å². The van der Waals surface area contributed by atoms with Crippen LogP contribution in [0.3, 0.4) is 0 Å². The second kappa shape index (κ2) is 7.37. The Bertz CT molecular complexity index is 206. The van der Waals surface area contributed by atoms with Gasteiger partial charge in [-0.2, -0.15) is 0 Å². The lowest BCUT2D eigenvalue weighted by Crippen LogP contribution is -2.54. The molecule has 106 valence electrons. The van der Waals surface area contributed by atoms with Crippen LogP contribution in [0, 0.1) is 0 Å². The fourth-order valence-corrected chi connectivity index (χ4v) is 2.33. The van der Waals surface area contributed by atoms with E-state index in [1.54, 1.807) is 0 Å². The Morgan fingerprint density at radius 3 is 1.83 bits per heavy atom. The molecule has 2 aliphatic heterocycles. The Morgan fingerprint density at radius 1 is 0.889 bits per heavy atom. The molecular formula is C12H23N2O4-. The van der Waals surface area contributed by atoms with Gasteiger partial charge in [0.05, 0.1) is 32.5 Å². The Morgan fingerprint density at radius 2 is 1.33 bits per heavy atom. The van der Waals surface area contributed by atoms with E-state index in [-0.39, 0.29) is 0 Å². The molecule has 2 atom stereocenters. The normalized spacial score (nSPS) is 27.0. The topological polar surface area (TPSA) is 68.2 Å². The largest absolute Gasteiger partial charge is 0.849 e. The molecule has 2 rings (SSSR count). The van der Waals surface area contributed by atoms with Crippen molar-refractivity contribution in [3.63, 3.8) is 0 Å². The zero-order chi connectivity index (χ0) is 12.8. The van der Waals surface area contributed by atoms with Crippen LogP contribution in [-0.2, 0) is 9.47 Å². The maximum Gasteiger partial charge on any atom is 0.0594 e. The van der Waals surface area contributed by atoms with E-state index >= 15 is 0 Å². The molecular weight excluding hydrogens is 236 g/mol. The van der Waals surface area contributed by atoms with Crippen molar-refractivity contribution in [3.8, 4) is 0 Å². The fraction of sp³-hybridized carbons (Fsp3) is 1.00. The van der Waals surface area contributed by atoms with Crippen molar-refractivity contribution in [1.82, 2.24) is 9.80 Å². The molecule has 0 amide bonds. The summed E-state index contributed by atoms with van der Waals surface area (Å²) < 4.78 is 10.5. The van der Waals surface area contributed by atoms with Crippen LogP contribution in [0.25, 0.3) is 0 Å². The van der Waals surface area contributed by atoms with Crippen LogP contribution < -0.4 is 5.11 Å². The van der Waals surface area contributed by atoms with Gasteiger partial charge in [-0.3, -0.25) is 9.80 Å². The summed E-state index contributed by atoms with van der Waals surface area (Å²) in [6.45, 7) is 6.84. The van der Waals surface area contributed by atoms with Crippen molar-refractivity contribution in [2.75, 3.05) is 65.7 Å². The number of β-amino-alcohol motifs (C(OH)–C–C–N with tert-alkyl or cyclic N) is 1. The highest BCUT2D eigenvalue weighted by molar-refractivity contribution is 4.76. The molecule has 0 bridgehead atoms. The predicted octanol–water partition coefficient (Wildman–Crippen LogP) is -2.26. The summed E-state index contributed by atoms with van der Waals surface area (Å²) in [5.74, 6) is 0. The molecule has 0 saturated carbocycles. The maximum atomic E-state index is 12.0. The summed E-state index contributed by atoms with van der Waals surface area (Å²) in [6.07, 6.45) is -1.74. The second-order valence-corrected chi connectivity index (χ2v) is 4.93. The minimum Gasteiger partial charge on any atom is -0.849 e. The summed E-state index contributed by atoms with van der Waals surface area (Å²) in [7, 11) is 0. The molecule has 0 spiro atoms. The van der Waals surface area contributed by atoms with E-state index in [9.17, 15) is 10.2 Å². The van der Waals surface area contributed by atoms with Gasteiger partial charge in [0, 0.05) is 32.7 Å². The van der Waals surface area contributed by atoms with Crippen LogP contribution in [0.15, 0.2) is 0 Å². The van der Waals surface area contributed by atoms with Crippen LogP contribution in [0.2, 0.25) is 0 Å². The number of rotatable bonds is 5. The van der Waals surface area contributed by atoms with Gasteiger partial charge < -0.3 is 19.7 Å². The molecule has 0 radical (unpaired) electrons. The molecule has 2 heterocycles. The number of ether oxygens (including phenoxy) is 2. The van der Waals surface area contributed by atoms with Gasteiger partial charge in [0.25, 0.3) is 0 Å².